The van der Waals surface area contributed by atoms with Gasteiger partial charge in [-0.15, -0.1) is 0 Å². The molecule has 144 valence electrons. The van der Waals surface area contributed by atoms with Crippen LogP contribution in [0.25, 0.3) is 0 Å². The fourth-order valence-electron chi connectivity index (χ4n) is 3.20. The standard InChI is InChI=1S/C25H27NO2/c1-21(25(27)28-20-24-15-9-4-10-16-24)17-26(18-22-11-5-2-6-12-22)19-23-13-7-3-8-14-23/h2-16,21H,17-20H2,1H3/t21-/m1/s1. The molecule has 0 aromatic heterocycles. The molecule has 0 heterocycles. The van der Waals surface area contributed by atoms with Crippen LogP contribution in [-0.2, 0) is 29.2 Å². The van der Waals surface area contributed by atoms with Crippen LogP contribution in [0.2, 0.25) is 0 Å². The van der Waals surface area contributed by atoms with Gasteiger partial charge in [0.2, 0.25) is 0 Å². The number of esters is 1. The molecule has 0 aliphatic carbocycles. The highest BCUT2D eigenvalue weighted by atomic mass is 16.5. The van der Waals surface area contributed by atoms with Gasteiger partial charge in [0.25, 0.3) is 0 Å². The first-order valence-corrected chi connectivity index (χ1v) is 9.71. The molecule has 3 aromatic rings. The van der Waals surface area contributed by atoms with Gasteiger partial charge < -0.3 is 4.74 Å². The van der Waals surface area contributed by atoms with Gasteiger partial charge >= 0.3 is 5.97 Å². The smallest absolute Gasteiger partial charge is 0.310 e. The Hall–Kier alpha value is -2.91. The summed E-state index contributed by atoms with van der Waals surface area (Å²) in [6, 6.07) is 30.5. The zero-order valence-corrected chi connectivity index (χ0v) is 16.3. The average Bonchev–Trinajstić information content (AvgIpc) is 2.74. The van der Waals surface area contributed by atoms with Crippen LogP contribution in [0.4, 0.5) is 0 Å². The molecule has 0 spiro atoms. The first-order valence-electron chi connectivity index (χ1n) is 9.71. The normalized spacial score (nSPS) is 11.9. The fourth-order valence-corrected chi connectivity index (χ4v) is 3.20. The summed E-state index contributed by atoms with van der Waals surface area (Å²) in [7, 11) is 0. The minimum absolute atomic E-state index is 0.157. The maximum atomic E-state index is 12.5. The predicted molar refractivity (Wildman–Crippen MR) is 112 cm³/mol. The topological polar surface area (TPSA) is 29.5 Å². The Morgan fingerprint density at radius 2 is 1.18 bits per heavy atom. The summed E-state index contributed by atoms with van der Waals surface area (Å²) in [6.45, 7) is 4.51. The third-order valence-electron chi connectivity index (χ3n) is 4.66. The highest BCUT2D eigenvalue weighted by molar-refractivity contribution is 5.72. The van der Waals surface area contributed by atoms with Crippen molar-refractivity contribution in [3.8, 4) is 0 Å². The van der Waals surface area contributed by atoms with Crippen LogP contribution < -0.4 is 0 Å². The van der Waals surface area contributed by atoms with Crippen LogP contribution in [0.5, 0.6) is 0 Å². The molecule has 3 nitrogen and oxygen atoms in total. The minimum atomic E-state index is -0.198. The van der Waals surface area contributed by atoms with Crippen molar-refractivity contribution in [2.45, 2.75) is 26.6 Å². The van der Waals surface area contributed by atoms with Crippen LogP contribution in [0.15, 0.2) is 91.0 Å². The lowest BCUT2D eigenvalue weighted by Crippen LogP contribution is -2.32. The number of rotatable bonds is 9. The van der Waals surface area contributed by atoms with E-state index >= 15 is 0 Å². The molecule has 0 bridgehead atoms. The van der Waals surface area contributed by atoms with Gasteiger partial charge in [0.05, 0.1) is 5.92 Å². The number of carbonyl (C=O) groups excluding carboxylic acids is 1. The third-order valence-corrected chi connectivity index (χ3v) is 4.66. The maximum Gasteiger partial charge on any atom is 0.310 e. The van der Waals surface area contributed by atoms with Gasteiger partial charge in [-0.2, -0.15) is 0 Å². The summed E-state index contributed by atoms with van der Waals surface area (Å²) in [4.78, 5) is 14.8. The summed E-state index contributed by atoms with van der Waals surface area (Å²) >= 11 is 0. The van der Waals surface area contributed by atoms with Gasteiger partial charge in [-0.1, -0.05) is 97.9 Å². The van der Waals surface area contributed by atoms with Gasteiger partial charge in [-0.3, -0.25) is 9.69 Å². The zero-order chi connectivity index (χ0) is 19.6. The molecule has 3 rings (SSSR count). The van der Waals surface area contributed by atoms with E-state index in [1.807, 2.05) is 73.7 Å². The molecule has 0 aliphatic rings. The lowest BCUT2D eigenvalue weighted by molar-refractivity contribution is -0.150. The first-order chi connectivity index (χ1) is 13.7. The number of hydrogen-bond donors (Lipinski definition) is 0. The Kier molecular flexibility index (Phi) is 7.39. The van der Waals surface area contributed by atoms with Crippen molar-refractivity contribution in [1.29, 1.82) is 0 Å². The summed E-state index contributed by atoms with van der Waals surface area (Å²) in [5, 5.41) is 0. The molecule has 0 amide bonds. The van der Waals surface area contributed by atoms with Crippen LogP contribution in [0.3, 0.4) is 0 Å². The molecule has 0 unspecified atom stereocenters. The SMILES string of the molecule is C[C@H](CN(Cc1ccccc1)Cc1ccccc1)C(=O)OCc1ccccc1. The van der Waals surface area contributed by atoms with E-state index in [0.29, 0.717) is 13.2 Å². The Labute approximate surface area is 167 Å². The van der Waals surface area contributed by atoms with Crippen LogP contribution in [0.1, 0.15) is 23.6 Å². The molecule has 0 fully saturated rings. The number of ether oxygens (including phenoxy) is 1. The van der Waals surface area contributed by atoms with Gasteiger partial charge in [0, 0.05) is 19.6 Å². The van der Waals surface area contributed by atoms with Gasteiger partial charge in [-0.05, 0) is 16.7 Å². The number of carbonyl (C=O) groups is 1. The number of nitrogens with zero attached hydrogens (tertiary/aromatic N) is 1. The van der Waals surface area contributed by atoms with E-state index in [4.69, 9.17) is 4.74 Å². The van der Waals surface area contributed by atoms with E-state index in [9.17, 15) is 4.79 Å². The van der Waals surface area contributed by atoms with Crippen molar-refractivity contribution in [3.63, 3.8) is 0 Å². The lowest BCUT2D eigenvalue weighted by Gasteiger charge is -2.25. The van der Waals surface area contributed by atoms with Crippen molar-refractivity contribution in [1.82, 2.24) is 4.90 Å². The van der Waals surface area contributed by atoms with Gasteiger partial charge in [0.1, 0.15) is 6.61 Å². The Balaban J connectivity index is 1.61. The molecule has 0 N–H and O–H groups in total. The van der Waals surface area contributed by atoms with Crippen molar-refractivity contribution < 1.29 is 9.53 Å². The van der Waals surface area contributed by atoms with Crippen LogP contribution in [0, 0.1) is 5.92 Å². The highest BCUT2D eigenvalue weighted by Gasteiger charge is 2.19. The quantitative estimate of drug-likeness (QED) is 0.491. The number of hydrogen-bond acceptors (Lipinski definition) is 3. The molecule has 1 atom stereocenters. The molecule has 3 aromatic carbocycles. The summed E-state index contributed by atoms with van der Waals surface area (Å²) < 4.78 is 5.53. The lowest BCUT2D eigenvalue weighted by atomic mass is 10.1. The molecule has 3 heteroatoms. The monoisotopic (exact) mass is 373 g/mol. The van der Waals surface area contributed by atoms with E-state index in [1.165, 1.54) is 11.1 Å². The number of benzene rings is 3. The van der Waals surface area contributed by atoms with E-state index in [-0.39, 0.29) is 11.9 Å². The van der Waals surface area contributed by atoms with E-state index in [1.54, 1.807) is 0 Å². The predicted octanol–water partition coefficient (Wildman–Crippen LogP) is 5.07. The maximum absolute atomic E-state index is 12.5. The average molecular weight is 373 g/mol. The van der Waals surface area contributed by atoms with Crippen molar-refractivity contribution in [2.24, 2.45) is 5.92 Å². The van der Waals surface area contributed by atoms with E-state index in [2.05, 4.69) is 29.2 Å². The summed E-state index contributed by atoms with van der Waals surface area (Å²) in [5.41, 5.74) is 3.49. The molecule has 0 saturated carbocycles. The molecule has 28 heavy (non-hydrogen) atoms. The Morgan fingerprint density at radius 1 is 0.750 bits per heavy atom. The van der Waals surface area contributed by atoms with Crippen molar-refractivity contribution in [2.75, 3.05) is 6.54 Å². The van der Waals surface area contributed by atoms with Gasteiger partial charge in [0.15, 0.2) is 0 Å². The van der Waals surface area contributed by atoms with Crippen LogP contribution >= 0.6 is 0 Å². The molecular formula is C25H27NO2. The second-order valence-electron chi connectivity index (χ2n) is 7.14. The van der Waals surface area contributed by atoms with E-state index in [0.717, 1.165) is 18.7 Å². The first kappa shape index (κ1) is 19.8. The Bertz CT molecular complexity index is 793. The molecule has 0 radical (unpaired) electrons. The minimum Gasteiger partial charge on any atom is -0.461 e. The molecule has 0 aliphatic heterocycles. The summed E-state index contributed by atoms with van der Waals surface area (Å²) in [5.74, 6) is -0.355. The zero-order valence-electron chi connectivity index (χ0n) is 16.3. The second kappa shape index (κ2) is 10.4. The third kappa shape index (κ3) is 6.36. The van der Waals surface area contributed by atoms with Crippen LogP contribution in [-0.4, -0.2) is 17.4 Å². The molecular weight excluding hydrogens is 346 g/mol. The Morgan fingerprint density at radius 3 is 1.64 bits per heavy atom. The fraction of sp³-hybridized carbons (Fsp3) is 0.240. The largest absolute Gasteiger partial charge is 0.461 e. The van der Waals surface area contributed by atoms with Crippen molar-refractivity contribution in [3.05, 3.63) is 108 Å². The second-order valence-corrected chi connectivity index (χ2v) is 7.14. The van der Waals surface area contributed by atoms with Crippen molar-refractivity contribution >= 4 is 5.97 Å². The van der Waals surface area contributed by atoms with Gasteiger partial charge in [-0.25, -0.2) is 0 Å². The molecule has 0 saturated heterocycles. The van der Waals surface area contributed by atoms with E-state index < -0.39 is 0 Å². The highest BCUT2D eigenvalue weighted by Crippen LogP contribution is 2.14. The summed E-state index contributed by atoms with van der Waals surface area (Å²) in [6.07, 6.45) is 0.